The van der Waals surface area contributed by atoms with E-state index in [1.54, 1.807) is 0 Å². The number of alkyl halides is 3. The smallest absolute Gasteiger partial charge is 0.242 e. The van der Waals surface area contributed by atoms with Crippen LogP contribution in [-0.4, -0.2) is 20.7 Å². The van der Waals surface area contributed by atoms with Crippen molar-refractivity contribution in [2.45, 2.75) is 44.2 Å². The van der Waals surface area contributed by atoms with Gasteiger partial charge >= 0.3 is 6.18 Å². The van der Waals surface area contributed by atoms with Gasteiger partial charge in [-0.15, -0.1) is 0 Å². The van der Waals surface area contributed by atoms with Gasteiger partial charge in [-0.05, 0) is 27.7 Å². The number of nitriles is 1. The molecule has 0 aliphatic rings. The van der Waals surface area contributed by atoms with Crippen LogP contribution >= 0.6 is 0 Å². The van der Waals surface area contributed by atoms with E-state index in [-0.39, 0.29) is 0 Å². The molecule has 0 aliphatic carbocycles. The van der Waals surface area contributed by atoms with E-state index in [9.17, 15) is 17.4 Å². The molecule has 0 amide bonds. The van der Waals surface area contributed by atoms with Crippen LogP contribution in [0.15, 0.2) is 0 Å². The van der Waals surface area contributed by atoms with Crippen LogP contribution in [0.2, 0.25) is 0 Å². The molecular formula is C8H13F3N2OS. The summed E-state index contributed by atoms with van der Waals surface area (Å²) in [4.78, 5) is 0. The highest BCUT2D eigenvalue weighted by atomic mass is 32.2. The number of hydrogen-bond acceptors (Lipinski definition) is 2. The first-order chi connectivity index (χ1) is 6.44. The Bertz CT molecular complexity index is 302. The average Bonchev–Trinajstić information content (AvgIpc) is 2.00. The van der Waals surface area contributed by atoms with Crippen molar-refractivity contribution in [2.75, 3.05) is 0 Å². The number of nitrogens with one attached hydrogen (secondary N) is 1. The molecule has 0 aliphatic heterocycles. The fourth-order valence-corrected chi connectivity index (χ4v) is 1.32. The fraction of sp³-hybridized carbons (Fsp3) is 0.875. The van der Waals surface area contributed by atoms with Gasteiger partial charge in [0.25, 0.3) is 0 Å². The minimum Gasteiger partial charge on any atom is -0.242 e. The number of halogens is 3. The second kappa shape index (κ2) is 4.10. The third-order valence-corrected chi connectivity index (χ3v) is 3.35. The first kappa shape index (κ1) is 14.4. The topological polar surface area (TPSA) is 52.9 Å². The standard InChI is InChI=1S/C8H13F3N2OS/c1-6(2,3)15(14)13-7(4,5-12)8(9,10)11/h13H,1-4H3/t7-,15-/m1/s1. The zero-order valence-electron chi connectivity index (χ0n) is 8.90. The monoisotopic (exact) mass is 242 g/mol. The van der Waals surface area contributed by atoms with Crippen LogP contribution in [0.4, 0.5) is 13.2 Å². The first-order valence-electron chi connectivity index (χ1n) is 4.12. The molecule has 1 N–H and O–H groups in total. The summed E-state index contributed by atoms with van der Waals surface area (Å²) in [5.74, 6) is 0. The molecular weight excluding hydrogens is 229 g/mol. The summed E-state index contributed by atoms with van der Waals surface area (Å²) in [5, 5.41) is 8.47. The van der Waals surface area contributed by atoms with E-state index in [0.29, 0.717) is 6.92 Å². The first-order valence-corrected chi connectivity index (χ1v) is 5.27. The van der Waals surface area contributed by atoms with Crippen molar-refractivity contribution in [3.63, 3.8) is 0 Å². The molecule has 0 aromatic heterocycles. The highest BCUT2D eigenvalue weighted by Crippen LogP contribution is 2.30. The van der Waals surface area contributed by atoms with Crippen molar-refractivity contribution < 1.29 is 17.4 Å². The lowest BCUT2D eigenvalue weighted by molar-refractivity contribution is -0.168. The van der Waals surface area contributed by atoms with E-state index in [0.717, 1.165) is 6.07 Å². The van der Waals surface area contributed by atoms with Gasteiger partial charge in [0.05, 0.1) is 21.8 Å². The van der Waals surface area contributed by atoms with Gasteiger partial charge in [0.1, 0.15) is 0 Å². The molecule has 0 unspecified atom stereocenters. The highest BCUT2D eigenvalue weighted by Gasteiger charge is 2.53. The van der Waals surface area contributed by atoms with Gasteiger partial charge in [-0.1, -0.05) is 0 Å². The summed E-state index contributed by atoms with van der Waals surface area (Å²) < 4.78 is 49.7. The quantitative estimate of drug-likeness (QED) is 0.803. The van der Waals surface area contributed by atoms with Gasteiger partial charge in [-0.25, -0.2) is 8.93 Å². The lowest BCUT2D eigenvalue weighted by atomic mass is 10.1. The van der Waals surface area contributed by atoms with Crippen molar-refractivity contribution in [1.29, 1.82) is 5.26 Å². The molecule has 15 heavy (non-hydrogen) atoms. The van der Waals surface area contributed by atoms with Gasteiger partial charge in [-0.2, -0.15) is 18.4 Å². The van der Waals surface area contributed by atoms with Crippen LogP contribution in [-0.2, 0) is 11.0 Å². The molecule has 0 fully saturated rings. The minimum atomic E-state index is -4.76. The van der Waals surface area contributed by atoms with Crippen LogP contribution in [0.1, 0.15) is 27.7 Å². The van der Waals surface area contributed by atoms with Crippen molar-refractivity contribution in [2.24, 2.45) is 0 Å². The van der Waals surface area contributed by atoms with Crippen LogP contribution in [0.3, 0.4) is 0 Å². The Morgan fingerprint density at radius 2 is 1.60 bits per heavy atom. The van der Waals surface area contributed by atoms with E-state index in [2.05, 4.69) is 0 Å². The molecule has 7 heteroatoms. The van der Waals surface area contributed by atoms with E-state index in [1.807, 2.05) is 4.72 Å². The van der Waals surface area contributed by atoms with Gasteiger partial charge in [0.15, 0.2) is 0 Å². The largest absolute Gasteiger partial charge is 0.420 e. The molecule has 0 rings (SSSR count). The van der Waals surface area contributed by atoms with Crippen LogP contribution in [0.5, 0.6) is 0 Å². The van der Waals surface area contributed by atoms with Crippen molar-refractivity contribution in [3.8, 4) is 6.07 Å². The highest BCUT2D eigenvalue weighted by molar-refractivity contribution is 7.84. The second-order valence-electron chi connectivity index (χ2n) is 4.22. The van der Waals surface area contributed by atoms with Gasteiger partial charge < -0.3 is 0 Å². The van der Waals surface area contributed by atoms with Crippen molar-refractivity contribution in [1.82, 2.24) is 4.72 Å². The van der Waals surface area contributed by atoms with E-state index >= 15 is 0 Å². The maximum absolute atomic E-state index is 12.4. The Hall–Kier alpha value is -0.610. The summed E-state index contributed by atoms with van der Waals surface area (Å²) in [5.41, 5.74) is -2.79. The predicted octanol–water partition coefficient (Wildman–Crippen LogP) is 1.88. The summed E-state index contributed by atoms with van der Waals surface area (Å²) in [7, 11) is -1.95. The molecule has 0 aromatic carbocycles. The molecule has 0 saturated carbocycles. The summed E-state index contributed by atoms with van der Waals surface area (Å²) in [6.45, 7) is 5.22. The Morgan fingerprint density at radius 3 is 1.80 bits per heavy atom. The van der Waals surface area contributed by atoms with E-state index < -0.39 is 27.4 Å². The normalized spacial score (nSPS) is 19.1. The lowest BCUT2D eigenvalue weighted by Crippen LogP contribution is -2.56. The average molecular weight is 242 g/mol. The van der Waals surface area contributed by atoms with E-state index in [4.69, 9.17) is 5.26 Å². The van der Waals surface area contributed by atoms with Gasteiger partial charge in [-0.3, -0.25) is 0 Å². The molecule has 0 heterocycles. The van der Waals surface area contributed by atoms with Crippen LogP contribution < -0.4 is 4.72 Å². The molecule has 0 bridgehead atoms. The second-order valence-corrected chi connectivity index (χ2v) is 6.18. The SMILES string of the molecule is CC(C)(C)[S@@](=O)N[C@](C)(C#N)C(F)(F)F. The molecule has 0 spiro atoms. The number of rotatable bonds is 2. The van der Waals surface area contributed by atoms with Crippen molar-refractivity contribution in [3.05, 3.63) is 0 Å². The molecule has 88 valence electrons. The molecule has 0 aromatic rings. The molecule has 2 atom stereocenters. The molecule has 0 saturated heterocycles. The fourth-order valence-electron chi connectivity index (χ4n) is 0.483. The molecule has 0 radical (unpaired) electrons. The zero-order valence-corrected chi connectivity index (χ0v) is 9.71. The summed E-state index contributed by atoms with van der Waals surface area (Å²) in [6, 6.07) is 1.09. The number of nitrogens with zero attached hydrogens (tertiary/aromatic N) is 1. The van der Waals surface area contributed by atoms with Crippen molar-refractivity contribution >= 4 is 11.0 Å². The molecule has 3 nitrogen and oxygen atoms in total. The Balaban J connectivity index is 4.94. The van der Waals surface area contributed by atoms with Gasteiger partial charge in [0.2, 0.25) is 5.54 Å². The maximum atomic E-state index is 12.4. The Kier molecular flexibility index (Phi) is 3.93. The van der Waals surface area contributed by atoms with E-state index in [1.165, 1.54) is 20.8 Å². The predicted molar refractivity (Wildman–Crippen MR) is 51.1 cm³/mol. The Morgan fingerprint density at radius 1 is 1.20 bits per heavy atom. The maximum Gasteiger partial charge on any atom is 0.420 e. The summed E-state index contributed by atoms with van der Waals surface area (Å²) >= 11 is 0. The third kappa shape index (κ3) is 3.47. The van der Waals surface area contributed by atoms with Gasteiger partial charge in [0, 0.05) is 0 Å². The zero-order chi connectivity index (χ0) is 12.5. The third-order valence-electron chi connectivity index (χ3n) is 1.64. The Labute approximate surface area is 89.2 Å². The lowest BCUT2D eigenvalue weighted by Gasteiger charge is -2.29. The van der Waals surface area contributed by atoms with Crippen LogP contribution in [0, 0.1) is 11.3 Å². The summed E-state index contributed by atoms with van der Waals surface area (Å²) in [6.07, 6.45) is -4.76. The van der Waals surface area contributed by atoms with Crippen LogP contribution in [0.25, 0.3) is 0 Å². The number of hydrogen-bond donors (Lipinski definition) is 1. The minimum absolute atomic E-state index is 0.663.